The number of ether oxygens (including phenoxy) is 3. The Morgan fingerprint density at radius 2 is 1.56 bits per heavy atom. The van der Waals surface area contributed by atoms with E-state index in [9.17, 15) is 4.91 Å². The molecule has 2 aromatic rings. The Kier molecular flexibility index (Phi) is 7.92. The van der Waals surface area contributed by atoms with Crippen LogP contribution in [0.15, 0.2) is 47.8 Å². The minimum absolute atomic E-state index is 0.0599. The van der Waals surface area contributed by atoms with Crippen LogP contribution in [-0.4, -0.2) is 38.9 Å². The van der Waals surface area contributed by atoms with Gasteiger partial charge >= 0.3 is 0 Å². The highest BCUT2D eigenvalue weighted by atomic mass is 16.5. The summed E-state index contributed by atoms with van der Waals surface area (Å²) in [5.74, 6) is 2.23. The van der Waals surface area contributed by atoms with Gasteiger partial charge in [-0.2, -0.15) is 0 Å². The summed E-state index contributed by atoms with van der Waals surface area (Å²) in [5.41, 5.74) is 2.29. The van der Waals surface area contributed by atoms with Crippen LogP contribution in [0.25, 0.3) is 0 Å². The normalized spacial score (nSPS) is 11.6. The van der Waals surface area contributed by atoms with Gasteiger partial charge < -0.3 is 14.2 Å². The van der Waals surface area contributed by atoms with Gasteiger partial charge in [-0.3, -0.25) is 5.01 Å². The maximum atomic E-state index is 11.3. The first-order valence-corrected chi connectivity index (χ1v) is 9.05. The number of aryl methyl sites for hydroxylation is 1. The molecule has 27 heavy (non-hydrogen) atoms. The summed E-state index contributed by atoms with van der Waals surface area (Å²) in [6.07, 6.45) is 2.44. The Hall–Kier alpha value is -2.76. The van der Waals surface area contributed by atoms with Crippen molar-refractivity contribution in [1.82, 2.24) is 5.01 Å². The second-order valence-electron chi connectivity index (χ2n) is 6.42. The van der Waals surface area contributed by atoms with Gasteiger partial charge in [0.05, 0.1) is 26.6 Å². The smallest absolute Gasteiger partial charge is 0.160 e. The summed E-state index contributed by atoms with van der Waals surface area (Å²) in [7, 11) is 4.88. The van der Waals surface area contributed by atoms with Gasteiger partial charge in [-0.25, -0.2) is 0 Å². The summed E-state index contributed by atoms with van der Waals surface area (Å²) in [4.78, 5) is 11.3. The number of benzene rings is 2. The highest BCUT2D eigenvalue weighted by molar-refractivity contribution is 5.42. The first-order chi connectivity index (χ1) is 13.1. The molecule has 1 unspecified atom stereocenters. The lowest BCUT2D eigenvalue weighted by Crippen LogP contribution is -2.30. The quantitative estimate of drug-likeness (QED) is 0.436. The SMILES string of the molecule is COc1ccc(CCC(C)N(CCc2ccc(OC)c(OC)c2)N=O)cc1. The maximum Gasteiger partial charge on any atom is 0.160 e. The lowest BCUT2D eigenvalue weighted by atomic mass is 10.1. The van der Waals surface area contributed by atoms with E-state index in [4.69, 9.17) is 14.2 Å². The third-order valence-electron chi connectivity index (χ3n) is 4.70. The Labute approximate surface area is 161 Å². The summed E-state index contributed by atoms with van der Waals surface area (Å²) >= 11 is 0. The molecular weight excluding hydrogens is 344 g/mol. The molecule has 2 aromatic carbocycles. The van der Waals surface area contributed by atoms with Crippen molar-refractivity contribution in [3.05, 3.63) is 58.5 Å². The van der Waals surface area contributed by atoms with Gasteiger partial charge in [-0.1, -0.05) is 18.2 Å². The molecular formula is C21H28N2O4. The molecule has 0 fully saturated rings. The van der Waals surface area contributed by atoms with E-state index in [0.717, 1.165) is 24.2 Å². The summed E-state index contributed by atoms with van der Waals surface area (Å²) in [6.45, 7) is 2.59. The molecule has 0 N–H and O–H groups in total. The Balaban J connectivity index is 1.88. The van der Waals surface area contributed by atoms with Crippen LogP contribution in [0.5, 0.6) is 17.2 Å². The van der Waals surface area contributed by atoms with Crippen molar-refractivity contribution in [2.24, 2.45) is 5.29 Å². The molecule has 0 aromatic heterocycles. The third kappa shape index (κ3) is 5.88. The average molecular weight is 372 g/mol. The minimum atomic E-state index is 0.0599. The van der Waals surface area contributed by atoms with Crippen molar-refractivity contribution in [1.29, 1.82) is 0 Å². The predicted molar refractivity (Wildman–Crippen MR) is 107 cm³/mol. The van der Waals surface area contributed by atoms with Gasteiger partial charge in [0.25, 0.3) is 0 Å². The van der Waals surface area contributed by atoms with Gasteiger partial charge in [0.15, 0.2) is 11.5 Å². The van der Waals surface area contributed by atoms with Crippen LogP contribution < -0.4 is 14.2 Å². The van der Waals surface area contributed by atoms with Crippen LogP contribution in [-0.2, 0) is 12.8 Å². The molecule has 0 aliphatic rings. The fourth-order valence-corrected chi connectivity index (χ4v) is 2.94. The van der Waals surface area contributed by atoms with Crippen molar-refractivity contribution in [3.63, 3.8) is 0 Å². The standard InChI is InChI=1S/C21H28N2O4/c1-16(5-6-17-7-10-19(25-2)11-8-17)23(22-24)14-13-18-9-12-20(26-3)21(15-18)27-4/h7-12,15-16H,5-6,13-14H2,1-4H3. The molecule has 0 saturated heterocycles. The van der Waals surface area contributed by atoms with Crippen LogP contribution in [0.3, 0.4) is 0 Å². The third-order valence-corrected chi connectivity index (χ3v) is 4.70. The van der Waals surface area contributed by atoms with E-state index >= 15 is 0 Å². The number of methoxy groups -OCH3 is 3. The van der Waals surface area contributed by atoms with E-state index in [2.05, 4.69) is 5.29 Å². The van der Waals surface area contributed by atoms with Crippen molar-refractivity contribution in [2.75, 3.05) is 27.9 Å². The maximum absolute atomic E-state index is 11.3. The first-order valence-electron chi connectivity index (χ1n) is 9.05. The molecule has 0 bridgehead atoms. The lowest BCUT2D eigenvalue weighted by Gasteiger charge is -2.23. The molecule has 0 amide bonds. The van der Waals surface area contributed by atoms with E-state index in [1.165, 1.54) is 5.56 Å². The Morgan fingerprint density at radius 3 is 2.15 bits per heavy atom. The number of nitrogens with zero attached hydrogens (tertiary/aromatic N) is 2. The fraction of sp³-hybridized carbons (Fsp3) is 0.429. The predicted octanol–water partition coefficient (Wildman–Crippen LogP) is 4.26. The summed E-state index contributed by atoms with van der Waals surface area (Å²) < 4.78 is 15.8. The van der Waals surface area contributed by atoms with E-state index < -0.39 is 0 Å². The number of hydrogen-bond acceptors (Lipinski definition) is 5. The largest absolute Gasteiger partial charge is 0.497 e. The molecule has 6 heteroatoms. The van der Waals surface area contributed by atoms with Gasteiger partial charge in [0.1, 0.15) is 5.75 Å². The zero-order valence-corrected chi connectivity index (χ0v) is 16.5. The molecule has 0 aliphatic heterocycles. The molecule has 0 radical (unpaired) electrons. The molecule has 1 atom stereocenters. The van der Waals surface area contributed by atoms with E-state index in [1.54, 1.807) is 26.3 Å². The lowest BCUT2D eigenvalue weighted by molar-refractivity contribution is 0.207. The summed E-state index contributed by atoms with van der Waals surface area (Å²) in [6, 6.07) is 13.8. The van der Waals surface area contributed by atoms with Crippen LogP contribution in [0.4, 0.5) is 0 Å². The highest BCUT2D eigenvalue weighted by Crippen LogP contribution is 2.28. The fourth-order valence-electron chi connectivity index (χ4n) is 2.94. The van der Waals surface area contributed by atoms with Crippen molar-refractivity contribution in [2.45, 2.75) is 32.2 Å². The van der Waals surface area contributed by atoms with Gasteiger partial charge in [0, 0.05) is 12.6 Å². The molecule has 0 saturated carbocycles. The van der Waals surface area contributed by atoms with Crippen molar-refractivity contribution >= 4 is 0 Å². The van der Waals surface area contributed by atoms with Crippen LogP contribution in [0.1, 0.15) is 24.5 Å². The Bertz CT molecular complexity index is 719. The first kappa shape index (κ1) is 20.6. The van der Waals surface area contributed by atoms with Crippen molar-refractivity contribution in [3.8, 4) is 17.2 Å². The van der Waals surface area contributed by atoms with Crippen molar-refractivity contribution < 1.29 is 14.2 Å². The molecule has 0 spiro atoms. The van der Waals surface area contributed by atoms with Gasteiger partial charge in [0.2, 0.25) is 0 Å². The van der Waals surface area contributed by atoms with E-state index in [1.807, 2.05) is 49.4 Å². The molecule has 0 aliphatic carbocycles. The molecule has 2 rings (SSSR count). The Morgan fingerprint density at radius 1 is 0.889 bits per heavy atom. The summed E-state index contributed by atoms with van der Waals surface area (Å²) in [5, 5.41) is 4.84. The topological polar surface area (TPSA) is 60.4 Å². The minimum Gasteiger partial charge on any atom is -0.497 e. The average Bonchev–Trinajstić information content (AvgIpc) is 2.72. The molecule has 146 valence electrons. The number of nitroso groups, excluding NO2 is 1. The molecule has 0 heterocycles. The second kappa shape index (κ2) is 10.4. The van der Waals surface area contributed by atoms with Crippen LogP contribution in [0.2, 0.25) is 0 Å². The van der Waals surface area contributed by atoms with Crippen LogP contribution in [0, 0.1) is 4.91 Å². The highest BCUT2D eigenvalue weighted by Gasteiger charge is 2.14. The zero-order chi connectivity index (χ0) is 19.6. The number of hydrogen-bond donors (Lipinski definition) is 0. The monoisotopic (exact) mass is 372 g/mol. The van der Waals surface area contributed by atoms with Crippen LogP contribution >= 0.6 is 0 Å². The number of rotatable bonds is 11. The van der Waals surface area contributed by atoms with E-state index in [-0.39, 0.29) is 6.04 Å². The second-order valence-corrected chi connectivity index (χ2v) is 6.42. The molecule has 6 nitrogen and oxygen atoms in total. The zero-order valence-electron chi connectivity index (χ0n) is 16.5. The van der Waals surface area contributed by atoms with Gasteiger partial charge in [-0.15, -0.1) is 4.91 Å². The van der Waals surface area contributed by atoms with E-state index in [0.29, 0.717) is 24.5 Å². The van der Waals surface area contributed by atoms with Gasteiger partial charge in [-0.05, 0) is 61.6 Å².